The van der Waals surface area contributed by atoms with Gasteiger partial charge in [0.2, 0.25) is 5.91 Å². The number of nitrogens with one attached hydrogen (secondary N) is 1. The molecule has 1 aromatic rings. The minimum Gasteiger partial charge on any atom is -0.323 e. The Morgan fingerprint density at radius 1 is 1.71 bits per heavy atom. The Labute approximate surface area is 87.5 Å². The van der Waals surface area contributed by atoms with Gasteiger partial charge >= 0.3 is 0 Å². The van der Waals surface area contributed by atoms with Crippen molar-refractivity contribution in [1.29, 1.82) is 0 Å². The maximum Gasteiger partial charge on any atom is 0.241 e. The van der Waals surface area contributed by atoms with Crippen molar-refractivity contribution in [3.05, 3.63) is 23.5 Å². The van der Waals surface area contributed by atoms with Crippen molar-refractivity contribution >= 4 is 23.2 Å². The SMILES string of the molecule is CC[C@H](N)C(=O)Nc1ccc(Cl)nc1. The van der Waals surface area contributed by atoms with Crippen molar-refractivity contribution < 1.29 is 4.79 Å². The first-order valence-electron chi connectivity index (χ1n) is 4.31. The van der Waals surface area contributed by atoms with Gasteiger partial charge in [0, 0.05) is 0 Å². The molecule has 0 fully saturated rings. The largest absolute Gasteiger partial charge is 0.323 e. The summed E-state index contributed by atoms with van der Waals surface area (Å²) < 4.78 is 0. The van der Waals surface area contributed by atoms with E-state index in [1.54, 1.807) is 12.1 Å². The van der Waals surface area contributed by atoms with Crippen LogP contribution in [0, 0.1) is 0 Å². The lowest BCUT2D eigenvalue weighted by Gasteiger charge is -2.09. The van der Waals surface area contributed by atoms with E-state index in [1.165, 1.54) is 6.20 Å². The van der Waals surface area contributed by atoms with Crippen molar-refractivity contribution in [2.24, 2.45) is 5.73 Å². The maximum absolute atomic E-state index is 11.3. The molecule has 5 heteroatoms. The van der Waals surface area contributed by atoms with Gasteiger partial charge in [-0.25, -0.2) is 4.98 Å². The molecule has 0 saturated carbocycles. The van der Waals surface area contributed by atoms with E-state index in [1.807, 2.05) is 6.92 Å². The van der Waals surface area contributed by atoms with Gasteiger partial charge in [-0.3, -0.25) is 4.79 Å². The number of nitrogens with two attached hydrogens (primary N) is 1. The van der Waals surface area contributed by atoms with E-state index >= 15 is 0 Å². The molecule has 0 unspecified atom stereocenters. The number of carbonyl (C=O) groups is 1. The molecule has 0 bridgehead atoms. The van der Waals surface area contributed by atoms with E-state index in [2.05, 4.69) is 10.3 Å². The molecular formula is C9H12ClN3O. The summed E-state index contributed by atoms with van der Waals surface area (Å²) in [5.41, 5.74) is 6.14. The fourth-order valence-electron chi connectivity index (χ4n) is 0.870. The number of anilines is 1. The third-order valence-electron chi connectivity index (χ3n) is 1.77. The number of hydrogen-bond acceptors (Lipinski definition) is 3. The number of amides is 1. The Hall–Kier alpha value is -1.13. The van der Waals surface area contributed by atoms with Crippen molar-refractivity contribution in [3.8, 4) is 0 Å². The van der Waals surface area contributed by atoms with Crippen LogP contribution in [-0.2, 0) is 4.79 Å². The van der Waals surface area contributed by atoms with E-state index in [0.717, 1.165) is 0 Å². The molecule has 0 aromatic carbocycles. The van der Waals surface area contributed by atoms with Gasteiger partial charge in [0.05, 0.1) is 17.9 Å². The van der Waals surface area contributed by atoms with Crippen LogP contribution in [0.4, 0.5) is 5.69 Å². The number of pyridine rings is 1. The molecule has 4 nitrogen and oxygen atoms in total. The van der Waals surface area contributed by atoms with Crippen LogP contribution >= 0.6 is 11.6 Å². The third-order valence-corrected chi connectivity index (χ3v) is 2.00. The second-order valence-corrected chi connectivity index (χ2v) is 3.26. The average molecular weight is 214 g/mol. The first-order valence-corrected chi connectivity index (χ1v) is 4.69. The Morgan fingerprint density at radius 3 is 2.93 bits per heavy atom. The fraction of sp³-hybridized carbons (Fsp3) is 0.333. The topological polar surface area (TPSA) is 68.0 Å². The Balaban J connectivity index is 2.60. The number of nitrogens with zero attached hydrogens (tertiary/aromatic N) is 1. The highest BCUT2D eigenvalue weighted by Gasteiger charge is 2.10. The summed E-state index contributed by atoms with van der Waals surface area (Å²) in [4.78, 5) is 15.2. The highest BCUT2D eigenvalue weighted by atomic mass is 35.5. The van der Waals surface area contributed by atoms with Gasteiger partial charge in [0.25, 0.3) is 0 Å². The van der Waals surface area contributed by atoms with Crippen LogP contribution in [0.2, 0.25) is 5.15 Å². The predicted molar refractivity (Wildman–Crippen MR) is 56.1 cm³/mol. The summed E-state index contributed by atoms with van der Waals surface area (Å²) >= 11 is 5.59. The maximum atomic E-state index is 11.3. The molecule has 1 amide bonds. The lowest BCUT2D eigenvalue weighted by Crippen LogP contribution is -2.34. The zero-order chi connectivity index (χ0) is 10.6. The standard InChI is InChI=1S/C9H12ClN3O/c1-2-7(11)9(14)13-6-3-4-8(10)12-5-6/h3-5,7H,2,11H2,1H3,(H,13,14)/t7-/m0/s1. The summed E-state index contributed by atoms with van der Waals surface area (Å²) in [5, 5.41) is 3.03. The molecule has 0 spiro atoms. The molecule has 14 heavy (non-hydrogen) atoms. The molecule has 0 radical (unpaired) electrons. The van der Waals surface area contributed by atoms with Gasteiger partial charge in [-0.1, -0.05) is 18.5 Å². The van der Waals surface area contributed by atoms with E-state index in [-0.39, 0.29) is 5.91 Å². The van der Waals surface area contributed by atoms with Gasteiger partial charge in [0.15, 0.2) is 0 Å². The van der Waals surface area contributed by atoms with E-state index < -0.39 is 6.04 Å². The molecule has 0 saturated heterocycles. The van der Waals surface area contributed by atoms with Crippen LogP contribution in [0.3, 0.4) is 0 Å². The van der Waals surface area contributed by atoms with Gasteiger partial charge in [-0.15, -0.1) is 0 Å². The molecule has 76 valence electrons. The first kappa shape index (κ1) is 10.9. The second-order valence-electron chi connectivity index (χ2n) is 2.87. The van der Waals surface area contributed by atoms with E-state index in [0.29, 0.717) is 17.3 Å². The van der Waals surface area contributed by atoms with Gasteiger partial charge in [0.1, 0.15) is 5.15 Å². The molecule has 0 aliphatic heterocycles. The van der Waals surface area contributed by atoms with E-state index in [9.17, 15) is 4.79 Å². The van der Waals surface area contributed by atoms with Crippen LogP contribution in [0.15, 0.2) is 18.3 Å². The van der Waals surface area contributed by atoms with Crippen LogP contribution in [0.25, 0.3) is 0 Å². The van der Waals surface area contributed by atoms with Crippen LogP contribution in [-0.4, -0.2) is 16.9 Å². The molecule has 1 aromatic heterocycles. The quantitative estimate of drug-likeness (QED) is 0.746. The Bertz CT molecular complexity index is 312. The van der Waals surface area contributed by atoms with Crippen molar-refractivity contribution in [1.82, 2.24) is 4.98 Å². The number of carbonyl (C=O) groups excluding carboxylic acids is 1. The summed E-state index contributed by atoms with van der Waals surface area (Å²) in [6.45, 7) is 1.85. The molecule has 1 heterocycles. The Kier molecular flexibility index (Phi) is 3.85. The van der Waals surface area contributed by atoms with Gasteiger partial charge in [-0.05, 0) is 18.6 Å². The zero-order valence-electron chi connectivity index (χ0n) is 7.83. The third kappa shape index (κ3) is 2.97. The van der Waals surface area contributed by atoms with Gasteiger partial charge < -0.3 is 11.1 Å². The lowest BCUT2D eigenvalue weighted by atomic mass is 10.2. The minimum absolute atomic E-state index is 0.211. The fourth-order valence-corrected chi connectivity index (χ4v) is 0.982. The monoisotopic (exact) mass is 213 g/mol. The van der Waals surface area contributed by atoms with Crippen molar-refractivity contribution in [3.63, 3.8) is 0 Å². The van der Waals surface area contributed by atoms with Crippen molar-refractivity contribution in [2.45, 2.75) is 19.4 Å². The minimum atomic E-state index is -0.481. The molecule has 3 N–H and O–H groups in total. The average Bonchev–Trinajstić information content (AvgIpc) is 2.20. The first-order chi connectivity index (χ1) is 6.63. The Morgan fingerprint density at radius 2 is 2.43 bits per heavy atom. The summed E-state index contributed by atoms with van der Waals surface area (Å²) in [7, 11) is 0. The van der Waals surface area contributed by atoms with Gasteiger partial charge in [-0.2, -0.15) is 0 Å². The summed E-state index contributed by atoms with van der Waals surface area (Å²) in [6, 6.07) is 2.80. The summed E-state index contributed by atoms with van der Waals surface area (Å²) in [6.07, 6.45) is 2.09. The highest BCUT2D eigenvalue weighted by Crippen LogP contribution is 2.09. The van der Waals surface area contributed by atoms with Crippen LogP contribution < -0.4 is 11.1 Å². The smallest absolute Gasteiger partial charge is 0.241 e. The number of aromatic nitrogens is 1. The number of rotatable bonds is 3. The lowest BCUT2D eigenvalue weighted by molar-refractivity contribution is -0.117. The molecule has 1 rings (SSSR count). The van der Waals surface area contributed by atoms with Crippen LogP contribution in [0.5, 0.6) is 0 Å². The molecular weight excluding hydrogens is 202 g/mol. The number of halogens is 1. The predicted octanol–water partition coefficient (Wildman–Crippen LogP) is 1.41. The second kappa shape index (κ2) is 4.93. The normalized spacial score (nSPS) is 12.2. The molecule has 0 aliphatic carbocycles. The van der Waals surface area contributed by atoms with Crippen LogP contribution in [0.1, 0.15) is 13.3 Å². The van der Waals surface area contributed by atoms with E-state index in [4.69, 9.17) is 17.3 Å². The molecule has 1 atom stereocenters. The summed E-state index contributed by atoms with van der Waals surface area (Å²) in [5.74, 6) is -0.211. The zero-order valence-corrected chi connectivity index (χ0v) is 8.58. The van der Waals surface area contributed by atoms with Crippen molar-refractivity contribution in [2.75, 3.05) is 5.32 Å². The number of hydrogen-bond donors (Lipinski definition) is 2. The highest BCUT2D eigenvalue weighted by molar-refractivity contribution is 6.29. The molecule has 0 aliphatic rings.